The molecule has 18 aliphatic rings. The number of hydrogen-bond donors (Lipinski definition) is 8. The molecule has 0 aromatic carbocycles. The number of rotatable bonds is 10. The second kappa shape index (κ2) is 21.6. The molecule has 15 aliphatic carbocycles. The van der Waals surface area contributed by atoms with E-state index in [1.165, 1.54) is 12.8 Å². The number of alkyl carbamates (subject to hydrolysis) is 2. The number of halogens is 1. The van der Waals surface area contributed by atoms with Gasteiger partial charge in [0.1, 0.15) is 23.3 Å². The van der Waals surface area contributed by atoms with E-state index in [4.69, 9.17) is 36.1 Å². The summed E-state index contributed by atoms with van der Waals surface area (Å²) in [4.78, 5) is 68.2. The fourth-order valence-electron chi connectivity index (χ4n) is 23.0. The van der Waals surface area contributed by atoms with Crippen LogP contribution >= 0.6 is 11.6 Å². The SMILES string of the molecule is CC(C)(C)OC(=O)N[C@H](C(=O)N1CCC[C@H]1B1O[C@@H]2C[C@@H]3C[C@@H](C3(C)C)[C@]2(C)O1)C12CC3CC(CC(O)(C3)C1)C2.CC(C)(C)OC(=O)N[C@H](C(=O)O)C12CC3CC(CC(O)(C3)C1)C2.N[C@H](C(=O)N1CCC[C@H]1B(O)O)C12CC3CC(CC(Cl)(C3)C1)C2. The monoisotopic (exact) mass is 1220 g/mol. The molecule has 86 heavy (non-hydrogen) atoms. The predicted molar refractivity (Wildman–Crippen MR) is 322 cm³/mol. The Morgan fingerprint density at radius 2 is 1.10 bits per heavy atom. The van der Waals surface area contributed by atoms with Crippen molar-refractivity contribution in [3.63, 3.8) is 0 Å². The Bertz CT molecular complexity index is 2630. The molecule has 3 saturated heterocycles. The van der Waals surface area contributed by atoms with E-state index in [0.29, 0.717) is 79.7 Å². The summed E-state index contributed by atoms with van der Waals surface area (Å²) in [5, 5.41) is 56.7. The molecular formula is C64H102B2ClN5O14. The third kappa shape index (κ3) is 11.6. The van der Waals surface area contributed by atoms with Crippen molar-refractivity contribution < 1.29 is 68.1 Å². The van der Waals surface area contributed by atoms with Crippen LogP contribution < -0.4 is 16.4 Å². The first-order chi connectivity index (χ1) is 39.9. The summed E-state index contributed by atoms with van der Waals surface area (Å²) in [6.07, 6.45) is 20.0. The molecule has 15 saturated carbocycles. The lowest BCUT2D eigenvalue weighted by atomic mass is 9.43. The molecular weight excluding hydrogens is 1120 g/mol. The van der Waals surface area contributed by atoms with Gasteiger partial charge < -0.3 is 70.3 Å². The normalized spacial score (nSPS) is 44.9. The number of hydrogen-bond acceptors (Lipinski definition) is 14. The topological polar surface area (TPSA) is 280 Å². The van der Waals surface area contributed by atoms with Gasteiger partial charge in [-0.3, -0.25) is 9.59 Å². The van der Waals surface area contributed by atoms with Gasteiger partial charge >= 0.3 is 32.4 Å². The van der Waals surface area contributed by atoms with Crippen LogP contribution in [-0.4, -0.2) is 161 Å². The molecule has 3 heterocycles. The van der Waals surface area contributed by atoms with E-state index in [2.05, 4.69) is 31.4 Å². The number of nitrogens with zero attached hydrogens (tertiary/aromatic N) is 2. The van der Waals surface area contributed by atoms with Crippen LogP contribution in [0.4, 0.5) is 9.59 Å². The Morgan fingerprint density at radius 1 is 0.640 bits per heavy atom. The predicted octanol–water partition coefficient (Wildman–Crippen LogP) is 7.66. The second-order valence-electron chi connectivity index (χ2n) is 34.3. The summed E-state index contributed by atoms with van der Waals surface area (Å²) in [6.45, 7) is 18.9. The molecule has 22 heteroatoms. The quantitative estimate of drug-likeness (QED) is 0.0770. The van der Waals surface area contributed by atoms with Crippen molar-refractivity contribution in [2.75, 3.05) is 13.1 Å². The van der Waals surface area contributed by atoms with Gasteiger partial charge in [0, 0.05) is 28.8 Å². The first-order valence-electron chi connectivity index (χ1n) is 33.3. The van der Waals surface area contributed by atoms with Crippen molar-refractivity contribution in [1.82, 2.24) is 20.4 Å². The zero-order chi connectivity index (χ0) is 61.9. The number of carboxylic acids is 1. The molecule has 18 fully saturated rings. The molecule has 6 unspecified atom stereocenters. The van der Waals surface area contributed by atoms with Crippen LogP contribution in [-0.2, 0) is 33.2 Å². The Balaban J connectivity index is 0.000000135. The van der Waals surface area contributed by atoms with E-state index in [0.717, 1.165) is 122 Å². The number of amides is 4. The van der Waals surface area contributed by atoms with Gasteiger partial charge in [0.2, 0.25) is 11.8 Å². The summed E-state index contributed by atoms with van der Waals surface area (Å²) in [5.74, 6) is 1.98. The minimum atomic E-state index is -1.48. The molecule has 0 spiro atoms. The minimum Gasteiger partial charge on any atom is -0.480 e. The van der Waals surface area contributed by atoms with Crippen molar-refractivity contribution in [3.05, 3.63) is 0 Å². The van der Waals surface area contributed by atoms with Crippen molar-refractivity contribution in [2.45, 2.75) is 285 Å². The van der Waals surface area contributed by atoms with E-state index in [1.807, 2.05) is 25.7 Å². The second-order valence-corrected chi connectivity index (χ2v) is 35.1. The maximum atomic E-state index is 14.7. The average Bonchev–Trinajstić information content (AvgIpc) is 1.29. The molecule has 0 aromatic heterocycles. The Labute approximate surface area is 515 Å². The van der Waals surface area contributed by atoms with Crippen LogP contribution in [0, 0.1) is 69.0 Å². The van der Waals surface area contributed by atoms with Gasteiger partial charge in [-0.05, 0) is 261 Å². The Morgan fingerprint density at radius 3 is 1.57 bits per heavy atom. The van der Waals surface area contributed by atoms with Gasteiger partial charge in [0.05, 0.1) is 40.8 Å². The highest BCUT2D eigenvalue weighted by molar-refractivity contribution is 6.48. The van der Waals surface area contributed by atoms with E-state index >= 15 is 0 Å². The molecule has 3 aliphatic heterocycles. The molecule has 0 radical (unpaired) electrons. The Hall–Kier alpha value is -2.91. The lowest BCUT2D eigenvalue weighted by molar-refractivity contribution is -0.199. The minimum absolute atomic E-state index is 0.0595. The van der Waals surface area contributed by atoms with E-state index in [-0.39, 0.29) is 45.2 Å². The third-order valence-electron chi connectivity index (χ3n) is 24.9. The van der Waals surface area contributed by atoms with Gasteiger partial charge in [0.15, 0.2) is 0 Å². The number of carbonyl (C=O) groups excluding carboxylic acids is 4. The van der Waals surface area contributed by atoms with Crippen LogP contribution in [0.1, 0.15) is 216 Å². The number of alkyl halides is 1. The van der Waals surface area contributed by atoms with Crippen LogP contribution in [0.5, 0.6) is 0 Å². The number of nitrogens with one attached hydrogen (secondary N) is 2. The highest BCUT2D eigenvalue weighted by Gasteiger charge is 2.70. The largest absolute Gasteiger partial charge is 0.481 e. The van der Waals surface area contributed by atoms with Gasteiger partial charge in [-0.25, -0.2) is 14.4 Å². The smallest absolute Gasteiger partial charge is 0.480 e. The standard InChI is InChI=1S/C31H49BN2O6.C17H27NO5.C16H26BClN2O3/c1-27(2,3)38-26(36)33-24(30-13-18-10-19(14-30)16-31(37,15-18)17-30)25(35)34-9-7-8-23(34)32-39-22-12-20-11-21(28(20,4)5)29(22,6)40-32;1-15(2,3)23-14(21)18-12(13(19)20)16-5-10-4-11(6-16)8-17(22,7-10)9-16;18-16-7-10-4-11(8-16)6-15(5-10,9-16)13(19)14(21)20-3-1-2-12(20)17(22)23/h18-24,37H,7-17H2,1-6H3,(H,33,36);10-12,22H,4-9H2,1-3H3,(H,18,21)(H,19,20);10-13,22-23H,1-9,19H2/t18?,19?,20-,21-,22+,23-,24+,29-,30?,31?;10?,11?,12-,16?,17?;10?,11?,12-,13+,15?,16?/m010/s1. The zero-order valence-corrected chi connectivity index (χ0v) is 53.6. The highest BCUT2D eigenvalue weighted by atomic mass is 35.5. The van der Waals surface area contributed by atoms with Crippen molar-refractivity contribution >= 4 is 55.8 Å². The summed E-state index contributed by atoms with van der Waals surface area (Å²) in [6, 6.07) is -2.30. The zero-order valence-electron chi connectivity index (χ0n) is 52.9. The molecule has 9 N–H and O–H groups in total. The molecule has 19 nitrogen and oxygen atoms in total. The van der Waals surface area contributed by atoms with Crippen molar-refractivity contribution in [1.29, 1.82) is 0 Å². The van der Waals surface area contributed by atoms with E-state index in [9.17, 15) is 49.3 Å². The summed E-state index contributed by atoms with van der Waals surface area (Å²) >= 11 is 6.85. The molecule has 4 amide bonds. The van der Waals surface area contributed by atoms with Crippen LogP contribution in [0.3, 0.4) is 0 Å². The fraction of sp³-hybridized carbons (Fsp3) is 0.922. The van der Waals surface area contributed by atoms with Gasteiger partial charge in [-0.2, -0.15) is 0 Å². The molecule has 15 atom stereocenters. The third-order valence-corrected chi connectivity index (χ3v) is 25.4. The number of carbonyl (C=O) groups is 5. The number of aliphatic hydroxyl groups is 2. The van der Waals surface area contributed by atoms with Crippen LogP contribution in [0.25, 0.3) is 0 Å². The summed E-state index contributed by atoms with van der Waals surface area (Å²) in [5.41, 5.74) is 2.41. The Kier molecular flexibility index (Phi) is 15.9. The van der Waals surface area contributed by atoms with Crippen molar-refractivity contribution in [2.24, 2.45) is 74.7 Å². The number of ether oxygens (including phenoxy) is 2. The number of nitrogens with two attached hydrogens (primary N) is 1. The van der Waals surface area contributed by atoms with Crippen LogP contribution in [0.2, 0.25) is 0 Å². The maximum Gasteiger partial charge on any atom is 0.481 e. The molecule has 18 rings (SSSR count). The van der Waals surface area contributed by atoms with Gasteiger partial charge in [-0.1, -0.05) is 13.8 Å². The summed E-state index contributed by atoms with van der Waals surface area (Å²) in [7, 11) is -1.93. The lowest BCUT2D eigenvalue weighted by Gasteiger charge is -2.64. The number of likely N-dealkylation sites (tertiary alicyclic amines) is 2. The van der Waals surface area contributed by atoms with Gasteiger partial charge in [0.25, 0.3) is 0 Å². The number of carboxylic acid groups (broad SMARTS) is 1. The average molecular weight is 1220 g/mol. The first-order valence-corrected chi connectivity index (χ1v) is 33.7. The first kappa shape index (κ1) is 63.2. The number of aliphatic carboxylic acids is 1. The molecule has 14 bridgehead atoms. The summed E-state index contributed by atoms with van der Waals surface area (Å²) < 4.78 is 24.4. The maximum absolute atomic E-state index is 14.7. The van der Waals surface area contributed by atoms with Crippen molar-refractivity contribution in [3.8, 4) is 0 Å². The lowest BCUT2D eigenvalue weighted by Crippen LogP contribution is -2.67. The van der Waals surface area contributed by atoms with Crippen LogP contribution in [0.15, 0.2) is 0 Å². The van der Waals surface area contributed by atoms with E-state index in [1.54, 1.807) is 25.7 Å². The fourth-order valence-corrected chi connectivity index (χ4v) is 23.7. The molecule has 0 aromatic rings. The highest BCUT2D eigenvalue weighted by Crippen LogP contribution is 2.68. The van der Waals surface area contributed by atoms with Gasteiger partial charge in [-0.15, -0.1) is 11.6 Å². The molecule has 480 valence electrons. The van der Waals surface area contributed by atoms with E-state index < -0.39 is 89.7 Å².